The summed E-state index contributed by atoms with van der Waals surface area (Å²) >= 11 is 5.81. The van der Waals surface area contributed by atoms with E-state index in [-0.39, 0.29) is 5.75 Å². The van der Waals surface area contributed by atoms with E-state index in [1.807, 2.05) is 0 Å². The lowest BCUT2D eigenvalue weighted by Crippen LogP contribution is -2.07. The molecule has 0 spiro atoms. The Morgan fingerprint density at radius 3 is 2.32 bits per heavy atom. The Kier molecular flexibility index (Phi) is 3.76. The molecule has 0 radical (unpaired) electrons. The van der Waals surface area contributed by atoms with E-state index < -0.39 is 11.9 Å². The minimum Gasteiger partial charge on any atom is -0.507 e. The number of rotatable bonds is 3. The molecule has 4 heteroatoms. The number of phenols is 1. The number of carboxylic acids is 1. The maximum Gasteiger partial charge on any atom is 0.310 e. The van der Waals surface area contributed by atoms with Gasteiger partial charge in [-0.15, -0.1) is 0 Å². The van der Waals surface area contributed by atoms with Crippen LogP contribution in [0.3, 0.4) is 0 Å². The van der Waals surface area contributed by atoms with Crippen LogP contribution in [-0.4, -0.2) is 16.2 Å². The zero-order chi connectivity index (χ0) is 14.0. The van der Waals surface area contributed by atoms with Crippen LogP contribution in [-0.2, 0) is 4.79 Å². The highest BCUT2D eigenvalue weighted by atomic mass is 35.5. The first-order valence-electron chi connectivity index (χ1n) is 5.80. The van der Waals surface area contributed by atoms with Crippen molar-refractivity contribution >= 4 is 17.6 Å². The van der Waals surface area contributed by atoms with Crippen LogP contribution >= 0.6 is 11.6 Å². The summed E-state index contributed by atoms with van der Waals surface area (Å²) in [7, 11) is 0. The van der Waals surface area contributed by atoms with E-state index in [2.05, 4.69) is 0 Å². The monoisotopic (exact) mass is 276 g/mol. The Morgan fingerprint density at radius 1 is 1.16 bits per heavy atom. The number of benzene rings is 2. The normalized spacial score (nSPS) is 12.1. The average molecular weight is 277 g/mol. The summed E-state index contributed by atoms with van der Waals surface area (Å²) in [5, 5.41) is 19.6. The molecule has 19 heavy (non-hydrogen) atoms. The number of phenolic OH excluding ortho intramolecular Hbond substituents is 1. The maximum atomic E-state index is 10.9. The van der Waals surface area contributed by atoms with Gasteiger partial charge < -0.3 is 10.2 Å². The van der Waals surface area contributed by atoms with Crippen LogP contribution in [0, 0.1) is 0 Å². The summed E-state index contributed by atoms with van der Waals surface area (Å²) in [6.45, 7) is 1.58. The lowest BCUT2D eigenvalue weighted by molar-refractivity contribution is -0.138. The predicted octanol–water partition coefficient (Wildman–Crippen LogP) is 3.90. The highest BCUT2D eigenvalue weighted by Crippen LogP contribution is 2.32. The second-order valence-electron chi connectivity index (χ2n) is 4.34. The molecule has 0 aromatic heterocycles. The minimum absolute atomic E-state index is 0.0629. The number of hydrogen-bond acceptors (Lipinski definition) is 2. The zero-order valence-electron chi connectivity index (χ0n) is 10.3. The van der Waals surface area contributed by atoms with Crippen molar-refractivity contribution in [3.8, 4) is 16.9 Å². The molecule has 2 N–H and O–H groups in total. The fourth-order valence-corrected chi connectivity index (χ4v) is 1.96. The van der Waals surface area contributed by atoms with Crippen LogP contribution in [0.5, 0.6) is 5.75 Å². The van der Waals surface area contributed by atoms with E-state index in [9.17, 15) is 9.90 Å². The topological polar surface area (TPSA) is 57.5 Å². The lowest BCUT2D eigenvalue weighted by Gasteiger charge is -2.10. The molecule has 2 rings (SSSR count). The highest BCUT2D eigenvalue weighted by Gasteiger charge is 2.15. The fraction of sp³-hybridized carbons (Fsp3) is 0.133. The smallest absolute Gasteiger partial charge is 0.310 e. The molecule has 1 unspecified atom stereocenters. The van der Waals surface area contributed by atoms with E-state index in [1.54, 1.807) is 43.3 Å². The van der Waals surface area contributed by atoms with Crippen molar-refractivity contribution in [3.05, 3.63) is 53.1 Å². The van der Waals surface area contributed by atoms with Crippen LogP contribution in [0.25, 0.3) is 11.1 Å². The first-order valence-corrected chi connectivity index (χ1v) is 6.18. The molecule has 0 bridgehead atoms. The van der Waals surface area contributed by atoms with E-state index in [0.29, 0.717) is 16.1 Å². The molecule has 0 aliphatic rings. The molecule has 0 saturated heterocycles. The van der Waals surface area contributed by atoms with Gasteiger partial charge in [-0.25, -0.2) is 0 Å². The fourth-order valence-electron chi connectivity index (χ4n) is 1.83. The van der Waals surface area contributed by atoms with Crippen molar-refractivity contribution in [1.82, 2.24) is 0 Å². The standard InChI is InChI=1S/C15H13ClO3/c1-9(15(18)19)11-4-7-13(14(17)8-11)10-2-5-12(16)6-3-10/h2-9,17H,1H3,(H,18,19). The van der Waals surface area contributed by atoms with Gasteiger partial charge in [0.1, 0.15) is 5.75 Å². The molecule has 0 saturated carbocycles. The summed E-state index contributed by atoms with van der Waals surface area (Å²) in [6, 6.07) is 12.0. The van der Waals surface area contributed by atoms with Crippen molar-refractivity contribution in [2.24, 2.45) is 0 Å². The number of halogens is 1. The first-order chi connectivity index (χ1) is 8.99. The second-order valence-corrected chi connectivity index (χ2v) is 4.78. The van der Waals surface area contributed by atoms with Gasteiger partial charge in [0.2, 0.25) is 0 Å². The Hall–Kier alpha value is -2.00. The van der Waals surface area contributed by atoms with Gasteiger partial charge in [-0.3, -0.25) is 4.79 Å². The van der Waals surface area contributed by atoms with Crippen molar-refractivity contribution in [3.63, 3.8) is 0 Å². The van der Waals surface area contributed by atoms with Gasteiger partial charge >= 0.3 is 5.97 Å². The molecule has 0 aliphatic carbocycles. The van der Waals surface area contributed by atoms with Crippen molar-refractivity contribution < 1.29 is 15.0 Å². The van der Waals surface area contributed by atoms with Crippen LogP contribution in [0.15, 0.2) is 42.5 Å². The van der Waals surface area contributed by atoms with E-state index in [4.69, 9.17) is 16.7 Å². The van der Waals surface area contributed by atoms with Crippen molar-refractivity contribution in [2.75, 3.05) is 0 Å². The SMILES string of the molecule is CC(C(=O)O)c1ccc(-c2ccc(Cl)cc2)c(O)c1. The van der Waals surface area contributed by atoms with Gasteiger partial charge in [0.25, 0.3) is 0 Å². The molecule has 3 nitrogen and oxygen atoms in total. The summed E-state index contributed by atoms with van der Waals surface area (Å²) in [5.41, 5.74) is 2.05. The Morgan fingerprint density at radius 2 is 1.79 bits per heavy atom. The van der Waals surface area contributed by atoms with Crippen molar-refractivity contribution in [1.29, 1.82) is 0 Å². The molecule has 0 heterocycles. The maximum absolute atomic E-state index is 10.9. The molecule has 1 atom stereocenters. The molecule has 0 aliphatic heterocycles. The van der Waals surface area contributed by atoms with Crippen LogP contribution in [0.2, 0.25) is 5.02 Å². The zero-order valence-corrected chi connectivity index (χ0v) is 11.1. The van der Waals surface area contributed by atoms with Gasteiger partial charge in [0, 0.05) is 10.6 Å². The van der Waals surface area contributed by atoms with Crippen LogP contribution in [0.1, 0.15) is 18.4 Å². The first kappa shape index (κ1) is 13.4. The predicted molar refractivity (Wildman–Crippen MR) is 74.6 cm³/mol. The minimum atomic E-state index is -0.918. The molecule has 0 amide bonds. The summed E-state index contributed by atoms with van der Waals surface area (Å²) in [4.78, 5) is 10.9. The van der Waals surface area contributed by atoms with Crippen molar-refractivity contribution in [2.45, 2.75) is 12.8 Å². The molecular formula is C15H13ClO3. The van der Waals surface area contributed by atoms with E-state index >= 15 is 0 Å². The molecule has 98 valence electrons. The van der Waals surface area contributed by atoms with Gasteiger partial charge in [0.05, 0.1) is 5.92 Å². The molecular weight excluding hydrogens is 264 g/mol. The van der Waals surface area contributed by atoms with Gasteiger partial charge in [-0.1, -0.05) is 35.9 Å². The van der Waals surface area contributed by atoms with E-state index in [0.717, 1.165) is 5.56 Å². The summed E-state index contributed by atoms with van der Waals surface area (Å²) in [6.07, 6.45) is 0. The number of aliphatic carboxylic acids is 1. The number of carbonyl (C=O) groups is 1. The molecule has 0 fully saturated rings. The Balaban J connectivity index is 2.39. The number of carboxylic acid groups (broad SMARTS) is 1. The molecule has 2 aromatic carbocycles. The third kappa shape index (κ3) is 2.88. The number of hydrogen-bond donors (Lipinski definition) is 2. The average Bonchev–Trinajstić information content (AvgIpc) is 2.39. The largest absolute Gasteiger partial charge is 0.507 e. The van der Waals surface area contributed by atoms with Crippen LogP contribution < -0.4 is 0 Å². The third-order valence-electron chi connectivity index (χ3n) is 3.05. The van der Waals surface area contributed by atoms with Gasteiger partial charge in [0.15, 0.2) is 0 Å². The quantitative estimate of drug-likeness (QED) is 0.894. The Bertz CT molecular complexity index is 605. The third-order valence-corrected chi connectivity index (χ3v) is 3.30. The number of aromatic hydroxyl groups is 1. The highest BCUT2D eigenvalue weighted by molar-refractivity contribution is 6.30. The summed E-state index contributed by atoms with van der Waals surface area (Å²) in [5.74, 6) is -1.50. The second kappa shape index (κ2) is 5.33. The lowest BCUT2D eigenvalue weighted by atomic mass is 9.97. The van der Waals surface area contributed by atoms with Crippen LogP contribution in [0.4, 0.5) is 0 Å². The van der Waals surface area contributed by atoms with Gasteiger partial charge in [-0.2, -0.15) is 0 Å². The van der Waals surface area contributed by atoms with Gasteiger partial charge in [-0.05, 0) is 36.2 Å². The molecule has 2 aromatic rings. The Labute approximate surface area is 116 Å². The summed E-state index contributed by atoms with van der Waals surface area (Å²) < 4.78 is 0. The van der Waals surface area contributed by atoms with E-state index in [1.165, 1.54) is 6.07 Å².